The Morgan fingerprint density at radius 2 is 1.62 bits per heavy atom. The molecule has 0 unspecified atom stereocenters. The molecule has 1 aromatic heterocycles. The van der Waals surface area contributed by atoms with E-state index >= 15 is 0 Å². The third kappa shape index (κ3) is 5.20. The normalized spacial score (nSPS) is 15.9. The summed E-state index contributed by atoms with van der Waals surface area (Å²) < 4.78 is 7.23. The molecule has 2 aliphatic rings. The van der Waals surface area contributed by atoms with Crippen molar-refractivity contribution in [2.45, 2.75) is 6.92 Å². The molecule has 39 heavy (non-hydrogen) atoms. The fraction of sp³-hybridized carbons (Fsp3) is 0.345. The predicted octanol–water partition coefficient (Wildman–Crippen LogP) is 3.21. The molecular weight excluding hydrogens is 498 g/mol. The maximum absolute atomic E-state index is 13.7. The third-order valence-electron chi connectivity index (χ3n) is 7.11. The monoisotopic (exact) mass is 531 g/mol. The number of ether oxygens (including phenoxy) is 1. The second-order valence-electron chi connectivity index (χ2n) is 9.90. The SMILES string of the molecule is C=C(C)COC(=O)N1CCN(c2c(C(=O)O)c3c(C(=O)N4CCNCC4)cccc3n2-c2ccccc2)CC1. The Balaban J connectivity index is 1.60. The van der Waals surface area contributed by atoms with Gasteiger partial charge in [-0.2, -0.15) is 0 Å². The lowest BCUT2D eigenvalue weighted by Gasteiger charge is -2.36. The molecule has 3 aromatic rings. The number of carboxylic acid groups (broad SMARTS) is 1. The van der Waals surface area contributed by atoms with E-state index in [1.165, 1.54) is 0 Å². The van der Waals surface area contributed by atoms with Crippen LogP contribution in [-0.4, -0.2) is 96.4 Å². The van der Waals surface area contributed by atoms with Gasteiger partial charge < -0.3 is 29.9 Å². The summed E-state index contributed by atoms with van der Waals surface area (Å²) in [5.74, 6) is -0.779. The van der Waals surface area contributed by atoms with Crippen LogP contribution in [0.5, 0.6) is 0 Å². The van der Waals surface area contributed by atoms with Crippen LogP contribution in [0.2, 0.25) is 0 Å². The molecule has 0 atom stereocenters. The van der Waals surface area contributed by atoms with Crippen LogP contribution in [0.3, 0.4) is 0 Å². The lowest BCUT2D eigenvalue weighted by molar-refractivity contribution is 0.0698. The summed E-state index contributed by atoms with van der Waals surface area (Å²) in [5.41, 5.74) is 2.67. The second kappa shape index (κ2) is 11.2. The largest absolute Gasteiger partial charge is 0.478 e. The first-order valence-electron chi connectivity index (χ1n) is 13.1. The number of anilines is 1. The molecule has 2 aromatic carbocycles. The molecule has 2 N–H and O–H groups in total. The zero-order valence-corrected chi connectivity index (χ0v) is 22.1. The number of amides is 2. The van der Waals surface area contributed by atoms with Crippen LogP contribution in [0, 0.1) is 0 Å². The van der Waals surface area contributed by atoms with Gasteiger partial charge in [0.15, 0.2) is 0 Å². The van der Waals surface area contributed by atoms with Crippen molar-refractivity contribution in [1.82, 2.24) is 19.7 Å². The molecule has 10 nitrogen and oxygen atoms in total. The van der Waals surface area contributed by atoms with Crippen molar-refractivity contribution >= 4 is 34.7 Å². The first-order valence-corrected chi connectivity index (χ1v) is 13.1. The van der Waals surface area contributed by atoms with Gasteiger partial charge in [-0.1, -0.05) is 30.8 Å². The molecule has 10 heteroatoms. The number of benzene rings is 2. The maximum Gasteiger partial charge on any atom is 0.410 e. The van der Waals surface area contributed by atoms with Crippen molar-refractivity contribution in [2.75, 3.05) is 63.9 Å². The Kier molecular flexibility index (Phi) is 7.56. The highest BCUT2D eigenvalue weighted by molar-refractivity contribution is 6.18. The van der Waals surface area contributed by atoms with Crippen molar-refractivity contribution in [1.29, 1.82) is 0 Å². The summed E-state index contributed by atoms with van der Waals surface area (Å²) >= 11 is 0. The van der Waals surface area contributed by atoms with Crippen LogP contribution in [0.25, 0.3) is 16.6 Å². The molecule has 204 valence electrons. The average Bonchev–Trinajstić information content (AvgIpc) is 3.32. The third-order valence-corrected chi connectivity index (χ3v) is 7.11. The minimum absolute atomic E-state index is 0.0891. The summed E-state index contributed by atoms with van der Waals surface area (Å²) in [6.45, 7) is 9.80. The molecule has 3 heterocycles. The van der Waals surface area contributed by atoms with Crippen LogP contribution in [0.15, 0.2) is 60.7 Å². The van der Waals surface area contributed by atoms with Gasteiger partial charge >= 0.3 is 12.1 Å². The van der Waals surface area contributed by atoms with E-state index in [2.05, 4.69) is 11.9 Å². The van der Waals surface area contributed by atoms with E-state index in [-0.39, 0.29) is 18.1 Å². The van der Waals surface area contributed by atoms with E-state index in [1.807, 2.05) is 51.9 Å². The number of nitrogens with zero attached hydrogens (tertiary/aromatic N) is 4. The number of piperazine rings is 2. The highest BCUT2D eigenvalue weighted by atomic mass is 16.6. The van der Waals surface area contributed by atoms with Gasteiger partial charge in [0.25, 0.3) is 5.91 Å². The minimum atomic E-state index is -1.10. The molecular formula is C29H33N5O5. The number of carbonyl (C=O) groups is 3. The van der Waals surface area contributed by atoms with Crippen molar-refractivity contribution in [3.63, 3.8) is 0 Å². The molecule has 0 aliphatic carbocycles. The van der Waals surface area contributed by atoms with Gasteiger partial charge in [-0.3, -0.25) is 9.36 Å². The Morgan fingerprint density at radius 1 is 0.923 bits per heavy atom. The molecule has 5 rings (SSSR count). The molecule has 0 saturated carbocycles. The number of aromatic carboxylic acids is 1. The lowest BCUT2D eigenvalue weighted by atomic mass is 10.0. The average molecular weight is 532 g/mol. The summed E-state index contributed by atoms with van der Waals surface area (Å²) in [6, 6.07) is 14.9. The number of rotatable bonds is 6. The van der Waals surface area contributed by atoms with Crippen molar-refractivity contribution in [3.05, 3.63) is 71.8 Å². The Labute approximate surface area is 227 Å². The fourth-order valence-electron chi connectivity index (χ4n) is 5.26. The van der Waals surface area contributed by atoms with E-state index in [0.29, 0.717) is 74.6 Å². The van der Waals surface area contributed by atoms with E-state index in [0.717, 1.165) is 11.3 Å². The number of para-hydroxylation sites is 1. The predicted molar refractivity (Wildman–Crippen MR) is 149 cm³/mol. The topological polar surface area (TPSA) is 107 Å². The van der Waals surface area contributed by atoms with Crippen LogP contribution < -0.4 is 10.2 Å². The van der Waals surface area contributed by atoms with Gasteiger partial charge in [-0.15, -0.1) is 0 Å². The van der Waals surface area contributed by atoms with Crippen LogP contribution in [0.4, 0.5) is 10.6 Å². The van der Waals surface area contributed by atoms with Crippen LogP contribution >= 0.6 is 0 Å². The number of fused-ring (bicyclic) bond motifs is 1. The molecule has 2 amide bonds. The molecule has 2 aliphatic heterocycles. The number of nitrogens with one attached hydrogen (secondary N) is 1. The van der Waals surface area contributed by atoms with E-state index in [9.17, 15) is 19.5 Å². The van der Waals surface area contributed by atoms with E-state index in [1.54, 1.807) is 22.8 Å². The molecule has 2 fully saturated rings. The van der Waals surface area contributed by atoms with Crippen LogP contribution in [0.1, 0.15) is 27.6 Å². The smallest absolute Gasteiger partial charge is 0.410 e. The minimum Gasteiger partial charge on any atom is -0.478 e. The summed E-state index contributed by atoms with van der Waals surface area (Å²) in [6.07, 6.45) is -0.413. The van der Waals surface area contributed by atoms with Gasteiger partial charge in [-0.25, -0.2) is 9.59 Å². The van der Waals surface area contributed by atoms with Crippen molar-refractivity contribution < 1.29 is 24.2 Å². The number of aromatic nitrogens is 1. The Bertz CT molecular complexity index is 1400. The molecule has 2 saturated heterocycles. The number of carboxylic acids is 1. The van der Waals surface area contributed by atoms with E-state index in [4.69, 9.17) is 4.74 Å². The quantitative estimate of drug-likeness (QED) is 0.471. The van der Waals surface area contributed by atoms with Crippen molar-refractivity contribution in [2.24, 2.45) is 0 Å². The van der Waals surface area contributed by atoms with Gasteiger partial charge in [0, 0.05) is 69.0 Å². The second-order valence-corrected chi connectivity index (χ2v) is 9.90. The highest BCUT2D eigenvalue weighted by Gasteiger charge is 2.33. The fourth-order valence-corrected chi connectivity index (χ4v) is 5.26. The number of hydrogen-bond donors (Lipinski definition) is 2. The zero-order valence-electron chi connectivity index (χ0n) is 22.1. The van der Waals surface area contributed by atoms with Gasteiger partial charge in [0.2, 0.25) is 0 Å². The lowest BCUT2D eigenvalue weighted by Crippen LogP contribution is -2.49. The summed E-state index contributed by atoms with van der Waals surface area (Å²) in [4.78, 5) is 44.5. The van der Waals surface area contributed by atoms with E-state index < -0.39 is 12.1 Å². The summed E-state index contributed by atoms with van der Waals surface area (Å²) in [7, 11) is 0. The molecule has 0 spiro atoms. The van der Waals surface area contributed by atoms with Crippen LogP contribution in [-0.2, 0) is 4.74 Å². The number of hydrogen-bond acceptors (Lipinski definition) is 6. The Hall–Kier alpha value is -4.31. The zero-order chi connectivity index (χ0) is 27.5. The van der Waals surface area contributed by atoms with Gasteiger partial charge in [-0.05, 0) is 36.8 Å². The maximum atomic E-state index is 13.7. The first-order chi connectivity index (χ1) is 18.9. The molecule has 0 bridgehead atoms. The first kappa shape index (κ1) is 26.3. The van der Waals surface area contributed by atoms with Crippen molar-refractivity contribution in [3.8, 4) is 5.69 Å². The van der Waals surface area contributed by atoms with Gasteiger partial charge in [0.05, 0.1) is 5.52 Å². The van der Waals surface area contributed by atoms with Gasteiger partial charge in [0.1, 0.15) is 18.0 Å². The summed E-state index contributed by atoms with van der Waals surface area (Å²) in [5, 5.41) is 14.2. The number of carbonyl (C=O) groups excluding carboxylic acids is 2. The standard InChI is InChI=1S/C29H33N5O5/c1-20(2)19-39-29(38)33-17-15-31(16-18-33)26-25(28(36)37)24-22(27(35)32-13-11-30-12-14-32)9-6-10-23(24)34(26)21-7-4-3-5-8-21/h3-10,30H,1,11-19H2,2H3,(H,36,37). The highest BCUT2D eigenvalue weighted by Crippen LogP contribution is 2.38. The Morgan fingerprint density at radius 3 is 2.26 bits per heavy atom. The molecule has 0 radical (unpaired) electrons.